The highest BCUT2D eigenvalue weighted by Gasteiger charge is 2.12. The number of carbonyl (C=O) groups excluding carboxylic acids is 2. The first-order chi connectivity index (χ1) is 9.58. The van der Waals surface area contributed by atoms with Gasteiger partial charge in [-0.3, -0.25) is 14.9 Å². The van der Waals surface area contributed by atoms with Gasteiger partial charge < -0.3 is 9.72 Å². The number of halogens is 1. The first kappa shape index (κ1) is 14.7. The summed E-state index contributed by atoms with van der Waals surface area (Å²) in [6.45, 7) is 2.09. The summed E-state index contributed by atoms with van der Waals surface area (Å²) in [5, 5.41) is 4.83. The molecule has 2 aromatic heterocycles. The van der Waals surface area contributed by atoms with Crippen molar-refractivity contribution in [3.05, 3.63) is 33.5 Å². The fourth-order valence-corrected chi connectivity index (χ4v) is 2.52. The van der Waals surface area contributed by atoms with Crippen LogP contribution in [-0.4, -0.2) is 28.5 Å². The molecule has 0 spiro atoms. The third-order valence-corrected chi connectivity index (χ3v) is 3.56. The Balaban J connectivity index is 1.95. The van der Waals surface area contributed by atoms with E-state index in [0.717, 1.165) is 4.47 Å². The molecule has 0 unspecified atom stereocenters. The summed E-state index contributed by atoms with van der Waals surface area (Å²) in [6.07, 6.45) is 1.78. The summed E-state index contributed by atoms with van der Waals surface area (Å²) < 4.78 is 5.63. The highest BCUT2D eigenvalue weighted by Crippen LogP contribution is 2.18. The van der Waals surface area contributed by atoms with Crippen molar-refractivity contribution in [3.8, 4) is 0 Å². The van der Waals surface area contributed by atoms with Crippen molar-refractivity contribution in [1.29, 1.82) is 0 Å². The second-order valence-electron chi connectivity index (χ2n) is 3.81. The van der Waals surface area contributed by atoms with Gasteiger partial charge in [-0.15, -0.1) is 11.3 Å². The van der Waals surface area contributed by atoms with Crippen molar-refractivity contribution in [2.45, 2.75) is 13.3 Å². The van der Waals surface area contributed by atoms with E-state index in [1.54, 1.807) is 24.6 Å². The van der Waals surface area contributed by atoms with E-state index in [9.17, 15) is 9.59 Å². The smallest absolute Gasteiger partial charge is 0.311 e. The Morgan fingerprint density at radius 1 is 1.55 bits per heavy atom. The lowest BCUT2D eigenvalue weighted by Gasteiger charge is -1.99. The lowest BCUT2D eigenvalue weighted by Crippen LogP contribution is -2.12. The molecule has 0 atom stereocenters. The minimum atomic E-state index is -0.330. The van der Waals surface area contributed by atoms with Gasteiger partial charge in [0.05, 0.1) is 18.7 Å². The second kappa shape index (κ2) is 6.67. The van der Waals surface area contributed by atoms with Crippen LogP contribution in [0.25, 0.3) is 0 Å². The van der Waals surface area contributed by atoms with E-state index < -0.39 is 0 Å². The van der Waals surface area contributed by atoms with Gasteiger partial charge in [0.15, 0.2) is 5.13 Å². The van der Waals surface area contributed by atoms with Crippen molar-refractivity contribution in [3.63, 3.8) is 0 Å². The van der Waals surface area contributed by atoms with Gasteiger partial charge in [0.1, 0.15) is 5.69 Å². The zero-order valence-corrected chi connectivity index (χ0v) is 13.0. The van der Waals surface area contributed by atoms with Gasteiger partial charge in [-0.05, 0) is 28.9 Å². The van der Waals surface area contributed by atoms with Gasteiger partial charge in [0.2, 0.25) is 0 Å². The summed E-state index contributed by atoms with van der Waals surface area (Å²) in [6, 6.07) is 1.67. The molecule has 0 saturated carbocycles. The van der Waals surface area contributed by atoms with Crippen LogP contribution in [-0.2, 0) is 16.0 Å². The van der Waals surface area contributed by atoms with E-state index in [1.165, 1.54) is 11.3 Å². The van der Waals surface area contributed by atoms with Gasteiger partial charge in [-0.25, -0.2) is 4.98 Å². The van der Waals surface area contributed by atoms with Gasteiger partial charge in [0, 0.05) is 16.0 Å². The number of ether oxygens (including phenoxy) is 1. The van der Waals surface area contributed by atoms with Crippen molar-refractivity contribution in [2.75, 3.05) is 11.9 Å². The predicted octanol–water partition coefficient (Wildman–Crippen LogP) is 2.59. The maximum Gasteiger partial charge on any atom is 0.311 e. The molecule has 8 heteroatoms. The Bertz CT molecular complexity index is 623. The largest absolute Gasteiger partial charge is 0.466 e. The minimum Gasteiger partial charge on any atom is -0.466 e. The SMILES string of the molecule is CCOC(=O)Cc1csc(NC(=O)c2cc(Br)c[nH]2)n1. The van der Waals surface area contributed by atoms with E-state index in [1.807, 2.05) is 0 Å². The van der Waals surface area contributed by atoms with E-state index in [4.69, 9.17) is 4.74 Å². The molecular formula is C12H12BrN3O3S. The number of carbonyl (C=O) groups is 2. The lowest BCUT2D eigenvalue weighted by atomic mass is 10.3. The molecule has 1 amide bonds. The number of aromatic amines is 1. The molecule has 0 aliphatic heterocycles. The fraction of sp³-hybridized carbons (Fsp3) is 0.250. The topological polar surface area (TPSA) is 84.1 Å². The summed E-state index contributed by atoms with van der Waals surface area (Å²) in [7, 11) is 0. The summed E-state index contributed by atoms with van der Waals surface area (Å²) in [5.74, 6) is -0.614. The molecular weight excluding hydrogens is 346 g/mol. The van der Waals surface area contributed by atoms with Crippen LogP contribution in [0.3, 0.4) is 0 Å². The standard InChI is InChI=1S/C12H12BrN3O3S/c1-2-19-10(17)4-8-6-20-12(15-8)16-11(18)9-3-7(13)5-14-9/h3,5-6,14H,2,4H2,1H3,(H,15,16,18). The van der Waals surface area contributed by atoms with Crippen LogP contribution in [0.5, 0.6) is 0 Å². The molecule has 0 radical (unpaired) electrons. The van der Waals surface area contributed by atoms with E-state index >= 15 is 0 Å². The Hall–Kier alpha value is -1.67. The first-order valence-electron chi connectivity index (χ1n) is 5.83. The van der Waals surface area contributed by atoms with Gasteiger partial charge in [0.25, 0.3) is 5.91 Å². The third kappa shape index (κ3) is 3.91. The maximum absolute atomic E-state index is 11.9. The minimum absolute atomic E-state index is 0.105. The number of thiazole rings is 1. The Labute approximate surface area is 127 Å². The summed E-state index contributed by atoms with van der Waals surface area (Å²) >= 11 is 4.52. The van der Waals surface area contributed by atoms with Crippen molar-refractivity contribution in [2.24, 2.45) is 0 Å². The van der Waals surface area contributed by atoms with Crippen LogP contribution >= 0.6 is 27.3 Å². The van der Waals surface area contributed by atoms with Crippen LogP contribution in [0.15, 0.2) is 22.1 Å². The average Bonchev–Trinajstić information content (AvgIpc) is 2.99. The monoisotopic (exact) mass is 357 g/mol. The Kier molecular flexibility index (Phi) is 4.91. The third-order valence-electron chi connectivity index (χ3n) is 2.30. The molecule has 6 nitrogen and oxygen atoms in total. The number of anilines is 1. The molecule has 2 rings (SSSR count). The lowest BCUT2D eigenvalue weighted by molar-refractivity contribution is -0.142. The number of nitrogens with zero attached hydrogens (tertiary/aromatic N) is 1. The quantitative estimate of drug-likeness (QED) is 0.805. The van der Waals surface area contributed by atoms with E-state index in [-0.39, 0.29) is 18.3 Å². The Morgan fingerprint density at radius 2 is 2.35 bits per heavy atom. The molecule has 0 aliphatic rings. The number of esters is 1. The number of hydrogen-bond donors (Lipinski definition) is 2. The normalized spacial score (nSPS) is 10.3. The van der Waals surface area contributed by atoms with E-state index in [2.05, 4.69) is 31.2 Å². The van der Waals surface area contributed by atoms with Gasteiger partial charge in [-0.2, -0.15) is 0 Å². The summed E-state index contributed by atoms with van der Waals surface area (Å²) in [4.78, 5) is 30.2. The maximum atomic E-state index is 11.9. The predicted molar refractivity (Wildman–Crippen MR) is 78.9 cm³/mol. The number of aromatic nitrogens is 2. The van der Waals surface area contributed by atoms with E-state index in [0.29, 0.717) is 23.1 Å². The van der Waals surface area contributed by atoms with Crippen LogP contribution in [0.4, 0.5) is 5.13 Å². The number of rotatable bonds is 5. The highest BCUT2D eigenvalue weighted by atomic mass is 79.9. The molecule has 0 bridgehead atoms. The van der Waals surface area contributed by atoms with Crippen molar-refractivity contribution in [1.82, 2.24) is 9.97 Å². The highest BCUT2D eigenvalue weighted by molar-refractivity contribution is 9.10. The van der Waals surface area contributed by atoms with Gasteiger partial charge in [-0.1, -0.05) is 0 Å². The molecule has 20 heavy (non-hydrogen) atoms. The van der Waals surface area contributed by atoms with Crippen LogP contribution in [0.1, 0.15) is 23.1 Å². The molecule has 2 heterocycles. The first-order valence-corrected chi connectivity index (χ1v) is 7.51. The molecule has 0 aliphatic carbocycles. The summed E-state index contributed by atoms with van der Waals surface area (Å²) in [5.41, 5.74) is 1.01. The number of amides is 1. The molecule has 106 valence electrons. The van der Waals surface area contributed by atoms with Crippen LogP contribution in [0, 0.1) is 0 Å². The number of nitrogens with one attached hydrogen (secondary N) is 2. The van der Waals surface area contributed by atoms with Crippen molar-refractivity contribution < 1.29 is 14.3 Å². The van der Waals surface area contributed by atoms with Crippen molar-refractivity contribution >= 4 is 44.3 Å². The van der Waals surface area contributed by atoms with Gasteiger partial charge >= 0.3 is 5.97 Å². The van der Waals surface area contributed by atoms with Crippen LogP contribution in [0.2, 0.25) is 0 Å². The van der Waals surface area contributed by atoms with Crippen LogP contribution < -0.4 is 5.32 Å². The second-order valence-corrected chi connectivity index (χ2v) is 5.59. The molecule has 0 saturated heterocycles. The fourth-order valence-electron chi connectivity index (χ4n) is 1.47. The number of hydrogen-bond acceptors (Lipinski definition) is 5. The molecule has 0 aromatic carbocycles. The Morgan fingerprint density at radius 3 is 3.00 bits per heavy atom. The zero-order chi connectivity index (χ0) is 14.5. The molecule has 0 fully saturated rings. The molecule has 2 aromatic rings. The zero-order valence-electron chi connectivity index (χ0n) is 10.6. The molecule has 2 N–H and O–H groups in total. The average molecular weight is 358 g/mol. The number of H-pyrrole nitrogens is 1.